The summed E-state index contributed by atoms with van der Waals surface area (Å²) in [5.41, 5.74) is 3.11. The molecule has 2 aromatic carbocycles. The minimum absolute atomic E-state index is 0.713. The third-order valence-electron chi connectivity index (χ3n) is 4.50. The maximum Gasteiger partial charge on any atom is 0.232 e. The molecule has 0 saturated carbocycles. The first-order valence-electron chi connectivity index (χ1n) is 9.83. The molecule has 0 spiro atoms. The number of benzene rings is 2. The van der Waals surface area contributed by atoms with E-state index in [2.05, 4.69) is 60.4 Å². The Hall–Kier alpha value is -2.92. The fraction of sp³-hybridized carbons (Fsp3) is 0.304. The second kappa shape index (κ2) is 9.85. The van der Waals surface area contributed by atoms with Gasteiger partial charge in [0.15, 0.2) is 0 Å². The van der Waals surface area contributed by atoms with Gasteiger partial charge in [-0.3, -0.25) is 0 Å². The van der Waals surface area contributed by atoms with Crippen LogP contribution in [0.25, 0.3) is 11.3 Å². The minimum atomic E-state index is 0.713. The van der Waals surface area contributed by atoms with Gasteiger partial charge in [-0.25, -0.2) is 4.98 Å². The highest BCUT2D eigenvalue weighted by Gasteiger charge is 2.14. The number of rotatable bonds is 9. The Labute approximate surface area is 168 Å². The molecule has 5 heteroatoms. The molecule has 1 heterocycles. The van der Waals surface area contributed by atoms with Crippen molar-refractivity contribution in [2.45, 2.75) is 13.3 Å². The Morgan fingerprint density at radius 1 is 0.893 bits per heavy atom. The first kappa shape index (κ1) is 19.8. The van der Waals surface area contributed by atoms with Crippen LogP contribution in [-0.2, 0) is 0 Å². The van der Waals surface area contributed by atoms with Gasteiger partial charge >= 0.3 is 0 Å². The molecule has 5 nitrogen and oxygen atoms in total. The normalized spacial score (nSPS) is 10.9. The van der Waals surface area contributed by atoms with E-state index < -0.39 is 0 Å². The van der Waals surface area contributed by atoms with Gasteiger partial charge in [0, 0.05) is 30.4 Å². The van der Waals surface area contributed by atoms with Crippen molar-refractivity contribution < 1.29 is 0 Å². The number of nitrogens with one attached hydrogen (secondary N) is 1. The zero-order valence-corrected chi connectivity index (χ0v) is 17.0. The average molecular weight is 376 g/mol. The number of nitrogens with zero attached hydrogens (tertiary/aromatic N) is 4. The minimum Gasteiger partial charge on any atom is -0.370 e. The fourth-order valence-corrected chi connectivity index (χ4v) is 3.06. The Balaban J connectivity index is 1.92. The molecule has 0 aliphatic rings. The van der Waals surface area contributed by atoms with Crippen molar-refractivity contribution in [2.75, 3.05) is 43.9 Å². The molecule has 146 valence electrons. The zero-order valence-electron chi connectivity index (χ0n) is 17.0. The summed E-state index contributed by atoms with van der Waals surface area (Å²) in [4.78, 5) is 14.0. The van der Waals surface area contributed by atoms with Gasteiger partial charge in [0.2, 0.25) is 5.95 Å². The molecule has 1 aromatic heterocycles. The Bertz CT molecular complexity index is 849. The van der Waals surface area contributed by atoms with E-state index in [4.69, 9.17) is 9.97 Å². The summed E-state index contributed by atoms with van der Waals surface area (Å²) in [6.45, 7) is 4.83. The van der Waals surface area contributed by atoms with E-state index in [1.54, 1.807) is 0 Å². The van der Waals surface area contributed by atoms with Crippen molar-refractivity contribution >= 4 is 17.5 Å². The summed E-state index contributed by atoms with van der Waals surface area (Å²) < 4.78 is 0. The third-order valence-corrected chi connectivity index (χ3v) is 4.50. The number of aromatic nitrogens is 2. The van der Waals surface area contributed by atoms with Crippen LogP contribution in [0.2, 0.25) is 0 Å². The van der Waals surface area contributed by atoms with E-state index in [9.17, 15) is 0 Å². The average Bonchev–Trinajstić information content (AvgIpc) is 2.73. The highest BCUT2D eigenvalue weighted by molar-refractivity contribution is 5.67. The smallest absolute Gasteiger partial charge is 0.232 e. The molecule has 0 aliphatic heterocycles. The summed E-state index contributed by atoms with van der Waals surface area (Å²) in [6.07, 6.45) is 1.06. The van der Waals surface area contributed by atoms with E-state index in [1.165, 1.54) is 0 Å². The molecule has 1 N–H and O–H groups in total. The summed E-state index contributed by atoms with van der Waals surface area (Å²) in [6, 6.07) is 22.6. The van der Waals surface area contributed by atoms with Crippen molar-refractivity contribution in [3.05, 3.63) is 66.7 Å². The predicted octanol–water partition coefficient (Wildman–Crippen LogP) is 4.67. The third kappa shape index (κ3) is 5.30. The molecule has 3 aromatic rings. The van der Waals surface area contributed by atoms with Crippen LogP contribution < -0.4 is 10.2 Å². The van der Waals surface area contributed by atoms with E-state index >= 15 is 0 Å². The van der Waals surface area contributed by atoms with Gasteiger partial charge in [0.25, 0.3) is 0 Å². The molecule has 0 unspecified atom stereocenters. The van der Waals surface area contributed by atoms with Gasteiger partial charge < -0.3 is 15.1 Å². The maximum absolute atomic E-state index is 4.87. The molecule has 0 saturated heterocycles. The summed E-state index contributed by atoms with van der Waals surface area (Å²) in [7, 11) is 4.19. The second-order valence-corrected chi connectivity index (χ2v) is 6.97. The lowest BCUT2D eigenvalue weighted by Gasteiger charge is -2.22. The van der Waals surface area contributed by atoms with Gasteiger partial charge in [0.1, 0.15) is 5.82 Å². The number of para-hydroxylation sites is 1. The van der Waals surface area contributed by atoms with Crippen LogP contribution in [0.5, 0.6) is 0 Å². The predicted molar refractivity (Wildman–Crippen MR) is 118 cm³/mol. The molecular weight excluding hydrogens is 346 g/mol. The summed E-state index contributed by atoms with van der Waals surface area (Å²) in [5.74, 6) is 1.57. The molecule has 0 atom stereocenters. The number of anilines is 3. The van der Waals surface area contributed by atoms with Crippen LogP contribution in [0.1, 0.15) is 13.3 Å². The van der Waals surface area contributed by atoms with Gasteiger partial charge in [-0.05, 0) is 46.1 Å². The summed E-state index contributed by atoms with van der Waals surface area (Å²) >= 11 is 0. The maximum atomic E-state index is 4.87. The van der Waals surface area contributed by atoms with Crippen LogP contribution in [0, 0.1) is 0 Å². The van der Waals surface area contributed by atoms with E-state index in [0.717, 1.165) is 48.8 Å². The lowest BCUT2D eigenvalue weighted by atomic mass is 10.1. The second-order valence-electron chi connectivity index (χ2n) is 6.97. The van der Waals surface area contributed by atoms with Crippen LogP contribution >= 0.6 is 0 Å². The van der Waals surface area contributed by atoms with E-state index in [1.807, 2.05) is 42.5 Å². The molecule has 0 aliphatic carbocycles. The van der Waals surface area contributed by atoms with Crippen molar-refractivity contribution in [3.63, 3.8) is 0 Å². The van der Waals surface area contributed by atoms with Crippen molar-refractivity contribution in [1.82, 2.24) is 14.9 Å². The lowest BCUT2D eigenvalue weighted by Crippen LogP contribution is -2.20. The first-order valence-corrected chi connectivity index (χ1v) is 9.83. The number of hydrogen-bond acceptors (Lipinski definition) is 5. The first-order chi connectivity index (χ1) is 13.7. The van der Waals surface area contributed by atoms with Crippen LogP contribution in [0.4, 0.5) is 17.5 Å². The molecule has 0 amide bonds. The van der Waals surface area contributed by atoms with Crippen molar-refractivity contribution in [2.24, 2.45) is 0 Å². The summed E-state index contributed by atoms with van der Waals surface area (Å²) in [5, 5.41) is 3.48. The Morgan fingerprint density at radius 3 is 2.21 bits per heavy atom. The molecule has 0 radical (unpaired) electrons. The van der Waals surface area contributed by atoms with Crippen molar-refractivity contribution in [3.8, 4) is 11.3 Å². The zero-order chi connectivity index (χ0) is 19.8. The SMILES string of the molecule is CCN(c1ccccc1)c1nc(NCCCN(C)C)cc(-c2ccccc2)n1. The molecular formula is C23H29N5. The molecule has 0 fully saturated rings. The van der Waals surface area contributed by atoms with Gasteiger partial charge in [0.05, 0.1) is 5.69 Å². The number of hydrogen-bond donors (Lipinski definition) is 1. The molecule has 0 bridgehead atoms. The van der Waals surface area contributed by atoms with Gasteiger partial charge in [-0.15, -0.1) is 0 Å². The van der Waals surface area contributed by atoms with Crippen LogP contribution in [-0.4, -0.2) is 48.6 Å². The van der Waals surface area contributed by atoms with E-state index in [-0.39, 0.29) is 0 Å². The quantitative estimate of drug-likeness (QED) is 0.551. The lowest BCUT2D eigenvalue weighted by molar-refractivity contribution is 0.405. The highest BCUT2D eigenvalue weighted by atomic mass is 15.3. The fourth-order valence-electron chi connectivity index (χ4n) is 3.06. The standard InChI is InChI=1S/C23H29N5/c1-4-28(20-14-9-6-10-15-20)23-25-21(19-12-7-5-8-13-19)18-22(26-23)24-16-11-17-27(2)3/h5-10,12-15,18H,4,11,16-17H2,1-3H3,(H,24,25,26). The van der Waals surface area contributed by atoms with Gasteiger partial charge in [-0.2, -0.15) is 4.98 Å². The van der Waals surface area contributed by atoms with Gasteiger partial charge in [-0.1, -0.05) is 48.5 Å². The molecule has 3 rings (SSSR count). The largest absolute Gasteiger partial charge is 0.370 e. The van der Waals surface area contributed by atoms with Crippen molar-refractivity contribution in [1.29, 1.82) is 0 Å². The topological polar surface area (TPSA) is 44.3 Å². The van der Waals surface area contributed by atoms with E-state index in [0.29, 0.717) is 5.95 Å². The van der Waals surface area contributed by atoms with Crippen LogP contribution in [0.3, 0.4) is 0 Å². The monoisotopic (exact) mass is 375 g/mol. The Morgan fingerprint density at radius 2 is 1.57 bits per heavy atom. The molecule has 28 heavy (non-hydrogen) atoms. The highest BCUT2D eigenvalue weighted by Crippen LogP contribution is 2.27. The van der Waals surface area contributed by atoms with Crippen LogP contribution in [0.15, 0.2) is 66.7 Å². The Kier molecular flexibility index (Phi) is 6.98.